The van der Waals surface area contributed by atoms with Crippen molar-refractivity contribution in [1.82, 2.24) is 4.57 Å². The lowest BCUT2D eigenvalue weighted by molar-refractivity contribution is -0.121. The number of amides is 3. The molecule has 1 saturated heterocycles. The molecule has 2 aliphatic rings. The van der Waals surface area contributed by atoms with E-state index < -0.39 is 5.91 Å². The zero-order chi connectivity index (χ0) is 22.2. The Labute approximate surface area is 186 Å². The predicted molar refractivity (Wildman–Crippen MR) is 118 cm³/mol. The Hall–Kier alpha value is -3.90. The monoisotopic (exact) mass is 447 g/mol. The molecule has 8 nitrogen and oxygen atoms in total. The zero-order valence-corrected chi connectivity index (χ0v) is 17.7. The second-order valence-electron chi connectivity index (χ2n) is 7.23. The summed E-state index contributed by atoms with van der Waals surface area (Å²) >= 11 is 1.33. The van der Waals surface area contributed by atoms with Crippen LogP contribution in [0.5, 0.6) is 11.5 Å². The van der Waals surface area contributed by atoms with Gasteiger partial charge in [-0.1, -0.05) is 17.3 Å². The molecule has 1 fully saturated rings. The molecule has 0 radical (unpaired) electrons. The van der Waals surface area contributed by atoms with E-state index in [-0.39, 0.29) is 31.2 Å². The fourth-order valence-electron chi connectivity index (χ4n) is 3.70. The van der Waals surface area contributed by atoms with Crippen molar-refractivity contribution in [3.63, 3.8) is 0 Å². The van der Waals surface area contributed by atoms with Gasteiger partial charge in [-0.3, -0.25) is 19.3 Å². The lowest BCUT2D eigenvalue weighted by Crippen LogP contribution is -2.28. The van der Waals surface area contributed by atoms with E-state index in [0.717, 1.165) is 15.1 Å². The fraction of sp³-hybridized carbons (Fsp3) is 0.217. The van der Waals surface area contributed by atoms with Crippen LogP contribution in [-0.2, 0) is 16.1 Å². The molecule has 0 atom stereocenters. The zero-order valence-electron chi connectivity index (χ0n) is 16.9. The van der Waals surface area contributed by atoms with Crippen LogP contribution in [0.1, 0.15) is 23.2 Å². The Morgan fingerprint density at radius 2 is 1.72 bits per heavy atom. The molecule has 5 rings (SSSR count). The van der Waals surface area contributed by atoms with Gasteiger partial charge in [0.15, 0.2) is 16.3 Å². The summed E-state index contributed by atoms with van der Waals surface area (Å²) in [6.07, 6.45) is 5.96. The second-order valence-corrected chi connectivity index (χ2v) is 8.23. The molecule has 160 valence electrons. The maximum Gasteiger partial charge on any atom is 0.279 e. The molecule has 32 heavy (non-hydrogen) atoms. The van der Waals surface area contributed by atoms with Gasteiger partial charge in [0.1, 0.15) is 13.2 Å². The summed E-state index contributed by atoms with van der Waals surface area (Å²) in [5.74, 6) is 2.95. The van der Waals surface area contributed by atoms with Crippen LogP contribution in [0.15, 0.2) is 41.4 Å². The van der Waals surface area contributed by atoms with E-state index in [1.807, 2.05) is 12.1 Å². The van der Waals surface area contributed by atoms with Crippen molar-refractivity contribution in [2.75, 3.05) is 18.1 Å². The van der Waals surface area contributed by atoms with Crippen molar-refractivity contribution >= 4 is 45.0 Å². The van der Waals surface area contributed by atoms with Gasteiger partial charge in [-0.25, -0.2) is 0 Å². The first kappa shape index (κ1) is 20.0. The van der Waals surface area contributed by atoms with Crippen molar-refractivity contribution in [2.24, 2.45) is 4.99 Å². The number of carbonyl (C=O) groups is 3. The molecule has 9 heteroatoms. The van der Waals surface area contributed by atoms with Gasteiger partial charge in [0.25, 0.3) is 5.91 Å². The van der Waals surface area contributed by atoms with Crippen molar-refractivity contribution in [1.29, 1.82) is 0 Å². The van der Waals surface area contributed by atoms with E-state index in [0.29, 0.717) is 40.8 Å². The Bertz CT molecular complexity index is 1360. The summed E-state index contributed by atoms with van der Waals surface area (Å²) in [4.78, 5) is 42.5. The largest absolute Gasteiger partial charge is 0.486 e. The van der Waals surface area contributed by atoms with Crippen LogP contribution in [0.4, 0.5) is 5.69 Å². The maximum atomic E-state index is 12.8. The normalized spacial score (nSPS) is 16.0. The number of hydrogen-bond acceptors (Lipinski definition) is 6. The quantitative estimate of drug-likeness (QED) is 0.455. The van der Waals surface area contributed by atoms with Crippen molar-refractivity contribution in [2.45, 2.75) is 19.4 Å². The molecule has 0 spiro atoms. The van der Waals surface area contributed by atoms with Crippen molar-refractivity contribution < 1.29 is 23.9 Å². The number of ether oxygens (including phenoxy) is 2. The van der Waals surface area contributed by atoms with E-state index in [1.165, 1.54) is 11.3 Å². The Morgan fingerprint density at radius 3 is 2.38 bits per heavy atom. The number of imide groups is 1. The summed E-state index contributed by atoms with van der Waals surface area (Å²) in [5.41, 5.74) is 1.59. The van der Waals surface area contributed by atoms with Crippen LogP contribution in [0.2, 0.25) is 0 Å². The highest BCUT2D eigenvalue weighted by Crippen LogP contribution is 2.35. The number of benzene rings is 2. The number of fused-ring (bicyclic) bond motifs is 2. The highest BCUT2D eigenvalue weighted by atomic mass is 32.1. The maximum absolute atomic E-state index is 12.8. The van der Waals surface area contributed by atoms with Crippen LogP contribution in [0.3, 0.4) is 0 Å². The minimum absolute atomic E-state index is 0.204. The number of nitrogens with zero attached hydrogens (tertiary/aromatic N) is 3. The predicted octanol–water partition coefficient (Wildman–Crippen LogP) is 2.50. The molecule has 0 unspecified atom stereocenters. The van der Waals surface area contributed by atoms with Gasteiger partial charge in [0.05, 0.1) is 22.4 Å². The summed E-state index contributed by atoms with van der Waals surface area (Å²) in [5, 5.41) is 0. The molecule has 1 aromatic heterocycles. The number of rotatable bonds is 3. The molecular formula is C23H17N3O5S. The average molecular weight is 447 g/mol. The SMILES string of the molecule is C#CCn1c(=NC(=O)c2ccc(N3C(=O)CCC3=O)cc2)sc2cc3c(cc21)OCCO3. The number of carbonyl (C=O) groups excluding carboxylic acids is 3. The smallest absolute Gasteiger partial charge is 0.279 e. The molecule has 0 aliphatic carbocycles. The van der Waals surface area contributed by atoms with Crippen LogP contribution < -0.4 is 19.2 Å². The van der Waals surface area contributed by atoms with Gasteiger partial charge in [0.2, 0.25) is 11.8 Å². The summed E-state index contributed by atoms with van der Waals surface area (Å²) < 4.78 is 14.0. The number of terminal acetylenes is 1. The molecule has 3 heterocycles. The van der Waals surface area contributed by atoms with Crippen LogP contribution in [-0.4, -0.2) is 35.5 Å². The van der Waals surface area contributed by atoms with Gasteiger partial charge >= 0.3 is 0 Å². The van der Waals surface area contributed by atoms with Crippen molar-refractivity contribution in [3.05, 3.63) is 46.8 Å². The third-order valence-corrected chi connectivity index (χ3v) is 6.26. The molecule has 3 amide bonds. The van der Waals surface area contributed by atoms with E-state index in [1.54, 1.807) is 28.8 Å². The highest BCUT2D eigenvalue weighted by Gasteiger charge is 2.30. The Balaban J connectivity index is 1.51. The van der Waals surface area contributed by atoms with E-state index in [9.17, 15) is 14.4 Å². The van der Waals surface area contributed by atoms with Crippen LogP contribution in [0.25, 0.3) is 10.2 Å². The third kappa shape index (κ3) is 3.44. The molecule has 0 N–H and O–H groups in total. The third-order valence-electron chi connectivity index (χ3n) is 5.22. The topological polar surface area (TPSA) is 90.2 Å². The number of thiazole rings is 1. The molecule has 3 aromatic rings. The van der Waals surface area contributed by atoms with Gasteiger partial charge < -0.3 is 14.0 Å². The standard InChI is InChI=1S/C23H17N3O5S/c1-2-9-25-16-12-17-18(31-11-10-30-17)13-19(16)32-23(25)24-22(29)14-3-5-15(6-4-14)26-20(27)7-8-21(26)28/h1,3-6,12-13H,7-11H2. The minimum atomic E-state index is -0.454. The summed E-state index contributed by atoms with van der Waals surface area (Å²) in [7, 11) is 0. The fourth-order valence-corrected chi connectivity index (χ4v) is 4.74. The minimum Gasteiger partial charge on any atom is -0.486 e. The van der Waals surface area contributed by atoms with Gasteiger partial charge in [-0.2, -0.15) is 4.99 Å². The van der Waals surface area contributed by atoms with Crippen LogP contribution in [0, 0.1) is 12.3 Å². The lowest BCUT2D eigenvalue weighted by Gasteiger charge is -2.18. The lowest BCUT2D eigenvalue weighted by atomic mass is 10.2. The molecule has 0 bridgehead atoms. The highest BCUT2D eigenvalue weighted by molar-refractivity contribution is 7.16. The first-order chi connectivity index (χ1) is 15.5. The number of hydrogen-bond donors (Lipinski definition) is 0. The summed E-state index contributed by atoms with van der Waals surface area (Å²) in [6, 6.07) is 9.97. The first-order valence-corrected chi connectivity index (χ1v) is 10.8. The molecule has 2 aliphatic heterocycles. The Morgan fingerprint density at radius 1 is 1.06 bits per heavy atom. The molecular weight excluding hydrogens is 430 g/mol. The number of aromatic nitrogens is 1. The molecule has 0 saturated carbocycles. The van der Waals surface area contributed by atoms with E-state index in [2.05, 4.69) is 10.9 Å². The van der Waals surface area contributed by atoms with Gasteiger partial charge in [-0.05, 0) is 24.3 Å². The molecule has 2 aromatic carbocycles. The average Bonchev–Trinajstić information content (AvgIpc) is 3.31. The van der Waals surface area contributed by atoms with E-state index >= 15 is 0 Å². The second kappa shape index (κ2) is 7.98. The van der Waals surface area contributed by atoms with Crippen molar-refractivity contribution in [3.8, 4) is 23.8 Å². The Kier molecular flexibility index (Phi) is 4.99. The van der Waals surface area contributed by atoms with Crippen LogP contribution >= 0.6 is 11.3 Å². The number of anilines is 1. The van der Waals surface area contributed by atoms with Gasteiger partial charge in [-0.15, -0.1) is 6.42 Å². The van der Waals surface area contributed by atoms with E-state index in [4.69, 9.17) is 15.9 Å². The summed E-state index contributed by atoms with van der Waals surface area (Å²) in [6.45, 7) is 1.19. The first-order valence-electron chi connectivity index (χ1n) is 9.96. The van der Waals surface area contributed by atoms with Gasteiger partial charge in [0, 0.05) is 30.5 Å².